The van der Waals surface area contributed by atoms with E-state index >= 15 is 0 Å². The molecule has 0 aliphatic rings. The van der Waals surface area contributed by atoms with E-state index in [-0.39, 0.29) is 11.6 Å². The molecule has 0 saturated heterocycles. The van der Waals surface area contributed by atoms with E-state index in [9.17, 15) is 14.4 Å². The minimum absolute atomic E-state index is 0.0271. The first kappa shape index (κ1) is 34.7. The highest BCUT2D eigenvalue weighted by Gasteiger charge is 2.19. The quantitative estimate of drug-likeness (QED) is 0.0862. The lowest BCUT2D eigenvalue weighted by atomic mass is 10.1. The van der Waals surface area contributed by atoms with Gasteiger partial charge in [0, 0.05) is 38.7 Å². The third-order valence-electron chi connectivity index (χ3n) is 7.16. The first-order chi connectivity index (χ1) is 23.8. The summed E-state index contributed by atoms with van der Waals surface area (Å²) in [5, 5.41) is 10.5. The summed E-state index contributed by atoms with van der Waals surface area (Å²) >= 11 is 2.75. The number of nitrogens with zero attached hydrogens (tertiary/aromatic N) is 1. The molecule has 0 saturated carbocycles. The van der Waals surface area contributed by atoms with Crippen LogP contribution in [0.5, 0.6) is 17.2 Å². The standard InChI is InChI=1S/C37H34N4O6S2/c1-23(34(42)41-37-40-30(22-48-37)24-11-7-5-8-12-24)49-28-17-15-27(16-18-28)38-36(44)29(39-35(43)25-13-9-6-10-14-25)19-26-20-32(46-3)33(47-4)21-31(26)45-2/h5-23H,1-4H3,(H,38,44)(H,39,43)(H,40,41,42)/b29-19-. The van der Waals surface area contributed by atoms with Gasteiger partial charge < -0.3 is 30.2 Å². The fourth-order valence-corrected chi connectivity index (χ4v) is 6.21. The number of carbonyl (C=O) groups excluding carboxylic acids is 3. The lowest BCUT2D eigenvalue weighted by molar-refractivity contribution is -0.115. The molecule has 0 bridgehead atoms. The molecule has 0 aliphatic heterocycles. The van der Waals surface area contributed by atoms with Gasteiger partial charge in [-0.05, 0) is 55.5 Å². The Balaban J connectivity index is 1.28. The third-order valence-corrected chi connectivity index (χ3v) is 9.03. The van der Waals surface area contributed by atoms with Crippen molar-refractivity contribution in [1.82, 2.24) is 10.3 Å². The number of nitrogens with one attached hydrogen (secondary N) is 3. The lowest BCUT2D eigenvalue weighted by Crippen LogP contribution is -2.30. The number of ether oxygens (including phenoxy) is 3. The molecule has 1 atom stereocenters. The number of thiazole rings is 1. The zero-order chi connectivity index (χ0) is 34.8. The fourth-order valence-electron chi connectivity index (χ4n) is 4.62. The molecule has 10 nitrogen and oxygen atoms in total. The van der Waals surface area contributed by atoms with E-state index < -0.39 is 17.1 Å². The van der Waals surface area contributed by atoms with Crippen molar-refractivity contribution in [1.29, 1.82) is 0 Å². The van der Waals surface area contributed by atoms with Crippen molar-refractivity contribution in [3.63, 3.8) is 0 Å². The summed E-state index contributed by atoms with van der Waals surface area (Å²) in [4.78, 5) is 45.0. The number of anilines is 2. The smallest absolute Gasteiger partial charge is 0.272 e. The van der Waals surface area contributed by atoms with Gasteiger partial charge in [-0.3, -0.25) is 14.4 Å². The molecular weight excluding hydrogens is 661 g/mol. The summed E-state index contributed by atoms with van der Waals surface area (Å²) in [6.45, 7) is 1.82. The number of aromatic nitrogens is 1. The average Bonchev–Trinajstić information content (AvgIpc) is 3.61. The molecule has 49 heavy (non-hydrogen) atoms. The van der Waals surface area contributed by atoms with Crippen LogP contribution < -0.4 is 30.2 Å². The number of carbonyl (C=O) groups is 3. The molecule has 12 heteroatoms. The second kappa shape index (κ2) is 16.5. The second-order valence-corrected chi connectivity index (χ2v) is 12.7. The Morgan fingerprint density at radius 2 is 1.43 bits per heavy atom. The zero-order valence-electron chi connectivity index (χ0n) is 27.2. The molecule has 1 unspecified atom stereocenters. The van der Waals surface area contributed by atoms with Crippen LogP contribution in [-0.4, -0.2) is 49.3 Å². The van der Waals surface area contributed by atoms with Crippen LogP contribution in [0.2, 0.25) is 0 Å². The van der Waals surface area contributed by atoms with E-state index in [1.165, 1.54) is 50.5 Å². The largest absolute Gasteiger partial charge is 0.496 e. The van der Waals surface area contributed by atoms with Crippen LogP contribution in [0.1, 0.15) is 22.8 Å². The number of amides is 3. The third kappa shape index (κ3) is 9.06. The van der Waals surface area contributed by atoms with Crippen LogP contribution in [0.25, 0.3) is 17.3 Å². The van der Waals surface area contributed by atoms with Gasteiger partial charge in [-0.15, -0.1) is 23.1 Å². The van der Waals surface area contributed by atoms with E-state index in [1.54, 1.807) is 54.6 Å². The monoisotopic (exact) mass is 694 g/mol. The molecule has 0 spiro atoms. The van der Waals surface area contributed by atoms with Crippen LogP contribution in [0, 0.1) is 0 Å². The van der Waals surface area contributed by atoms with Gasteiger partial charge in [-0.2, -0.15) is 0 Å². The minimum Gasteiger partial charge on any atom is -0.496 e. The predicted molar refractivity (Wildman–Crippen MR) is 195 cm³/mol. The van der Waals surface area contributed by atoms with Crippen LogP contribution in [0.4, 0.5) is 10.8 Å². The van der Waals surface area contributed by atoms with Crippen molar-refractivity contribution >= 4 is 57.7 Å². The molecule has 250 valence electrons. The summed E-state index contributed by atoms with van der Waals surface area (Å²) in [5.41, 5.74) is 3.11. The van der Waals surface area contributed by atoms with Crippen molar-refractivity contribution in [2.24, 2.45) is 0 Å². The molecule has 3 amide bonds. The Morgan fingerprint density at radius 1 is 0.796 bits per heavy atom. The number of hydrogen-bond donors (Lipinski definition) is 3. The minimum atomic E-state index is -0.562. The fraction of sp³-hybridized carbons (Fsp3) is 0.135. The summed E-state index contributed by atoms with van der Waals surface area (Å²) in [6, 6.07) is 28.7. The number of hydrogen-bond acceptors (Lipinski definition) is 9. The molecular formula is C37H34N4O6S2. The van der Waals surface area contributed by atoms with Gasteiger partial charge in [-0.1, -0.05) is 48.5 Å². The van der Waals surface area contributed by atoms with Gasteiger partial charge in [-0.25, -0.2) is 4.98 Å². The molecule has 0 radical (unpaired) electrons. The molecule has 5 rings (SSSR count). The predicted octanol–water partition coefficient (Wildman–Crippen LogP) is 7.36. The Bertz CT molecular complexity index is 1950. The van der Waals surface area contributed by atoms with E-state index in [4.69, 9.17) is 14.2 Å². The SMILES string of the molecule is COc1cc(OC)c(OC)cc1/C=C(\NC(=O)c1ccccc1)C(=O)Nc1ccc(SC(C)C(=O)Nc2nc(-c3ccccc3)cs2)cc1. The topological polar surface area (TPSA) is 128 Å². The van der Waals surface area contributed by atoms with E-state index in [0.717, 1.165) is 16.2 Å². The number of rotatable bonds is 13. The lowest BCUT2D eigenvalue weighted by Gasteiger charge is -2.15. The van der Waals surface area contributed by atoms with Gasteiger partial charge in [0.05, 0.1) is 32.3 Å². The summed E-state index contributed by atoms with van der Waals surface area (Å²) in [7, 11) is 4.50. The van der Waals surface area contributed by atoms with Crippen LogP contribution in [-0.2, 0) is 9.59 Å². The first-order valence-corrected chi connectivity index (χ1v) is 16.8. The Labute approximate surface area is 292 Å². The van der Waals surface area contributed by atoms with Crippen molar-refractivity contribution in [3.8, 4) is 28.5 Å². The maximum absolute atomic E-state index is 13.6. The van der Waals surface area contributed by atoms with Gasteiger partial charge in [0.2, 0.25) is 5.91 Å². The molecule has 0 aliphatic carbocycles. The first-order valence-electron chi connectivity index (χ1n) is 15.1. The number of benzene rings is 4. The Hall–Kier alpha value is -5.59. The maximum Gasteiger partial charge on any atom is 0.272 e. The molecule has 1 heterocycles. The van der Waals surface area contributed by atoms with Gasteiger partial charge >= 0.3 is 0 Å². The maximum atomic E-state index is 13.6. The molecule has 0 fully saturated rings. The van der Waals surface area contributed by atoms with Crippen molar-refractivity contribution in [3.05, 3.63) is 119 Å². The molecule has 3 N–H and O–H groups in total. The van der Waals surface area contributed by atoms with Crippen molar-refractivity contribution < 1.29 is 28.6 Å². The number of thioether (sulfide) groups is 1. The Kier molecular flexibility index (Phi) is 11.7. The van der Waals surface area contributed by atoms with Crippen LogP contribution >= 0.6 is 23.1 Å². The summed E-state index contributed by atoms with van der Waals surface area (Å²) in [5.74, 6) is 0.0696. The Morgan fingerprint density at radius 3 is 2.08 bits per heavy atom. The van der Waals surface area contributed by atoms with Crippen molar-refractivity contribution in [2.45, 2.75) is 17.1 Å². The molecule has 5 aromatic rings. The zero-order valence-corrected chi connectivity index (χ0v) is 28.8. The van der Waals surface area contributed by atoms with Gasteiger partial charge in [0.15, 0.2) is 16.6 Å². The summed E-state index contributed by atoms with van der Waals surface area (Å²) < 4.78 is 16.3. The summed E-state index contributed by atoms with van der Waals surface area (Å²) in [6.07, 6.45) is 1.51. The van der Waals surface area contributed by atoms with E-state index in [0.29, 0.717) is 39.2 Å². The normalized spacial score (nSPS) is 11.6. The molecule has 1 aromatic heterocycles. The van der Waals surface area contributed by atoms with Crippen LogP contribution in [0.15, 0.2) is 113 Å². The highest BCUT2D eigenvalue weighted by atomic mass is 32.2. The van der Waals surface area contributed by atoms with Gasteiger partial charge in [0.25, 0.3) is 11.8 Å². The van der Waals surface area contributed by atoms with E-state index in [2.05, 4.69) is 20.9 Å². The number of methoxy groups -OCH3 is 3. The van der Waals surface area contributed by atoms with E-state index in [1.807, 2.05) is 54.8 Å². The highest BCUT2D eigenvalue weighted by molar-refractivity contribution is 8.00. The average molecular weight is 695 g/mol. The van der Waals surface area contributed by atoms with Gasteiger partial charge in [0.1, 0.15) is 11.4 Å². The second-order valence-electron chi connectivity index (χ2n) is 10.5. The van der Waals surface area contributed by atoms with Crippen molar-refractivity contribution in [2.75, 3.05) is 32.0 Å². The highest BCUT2D eigenvalue weighted by Crippen LogP contribution is 2.36. The van der Waals surface area contributed by atoms with Crippen LogP contribution in [0.3, 0.4) is 0 Å². The molecule has 4 aromatic carbocycles.